The topological polar surface area (TPSA) is 116 Å². The van der Waals surface area contributed by atoms with Crippen LogP contribution in [0.4, 0.5) is 0 Å². The monoisotopic (exact) mass is 2180 g/mol. The molecule has 9 nitrogen and oxygen atoms in total. The summed E-state index contributed by atoms with van der Waals surface area (Å²) in [5.41, 5.74) is 21.2. The Hall–Kier alpha value is -4.02. The molecule has 0 fully saturated rings. The number of rotatable bonds is 9. The molecule has 25 heteroatoms. The van der Waals surface area contributed by atoms with Gasteiger partial charge >= 0.3 is 0 Å². The van der Waals surface area contributed by atoms with Gasteiger partial charge in [0.2, 0.25) is 0 Å². The SMILES string of the molecule is C[B]c1cc2cccnc2c2ncccc12.C[B]c1ccc(-c2cccc3ccccc23)c2ccccc12.C[B]c1ccc(C)c2ccccc12.C[B]c1ccc2ccc3cccnc3c2n1.C[B]c1ccc2ccccc2n1.C[B]c1cccc2nccnc12.C[B]c1ccnc2ccccc12.C[B]c1nccc2ccccc12.[Y].[Y].[Y].[Y].[Y].[Y].[Y].[Y]. The summed E-state index contributed by atoms with van der Waals surface area (Å²) < 4.78 is 0. The minimum atomic E-state index is 0. The van der Waals surface area contributed by atoms with E-state index in [0.717, 1.165) is 87.9 Å². The van der Waals surface area contributed by atoms with E-state index in [2.05, 4.69) is 283 Å². The van der Waals surface area contributed by atoms with Gasteiger partial charge in [-0.05, 0) is 137 Å². The van der Waals surface area contributed by atoms with E-state index in [9.17, 15) is 0 Å². The first kappa shape index (κ1) is 110. The van der Waals surface area contributed by atoms with Crippen molar-refractivity contribution in [3.63, 3.8) is 0 Å². The van der Waals surface area contributed by atoms with Gasteiger partial charge in [-0.1, -0.05) is 331 Å². The van der Waals surface area contributed by atoms with Crippen molar-refractivity contribution < 1.29 is 262 Å². The molecule has 0 atom stereocenters. The molecule has 0 N–H and O–H groups in total. The van der Waals surface area contributed by atoms with E-state index in [-0.39, 0.29) is 262 Å². The first-order chi connectivity index (χ1) is 56.6. The molecule has 123 heavy (non-hydrogen) atoms. The maximum absolute atomic E-state index is 4.60. The molecule has 0 bridgehead atoms. The maximum Gasteiger partial charge on any atom is 0.175 e. The van der Waals surface area contributed by atoms with Crippen LogP contribution in [0.15, 0.2) is 341 Å². The van der Waals surface area contributed by atoms with Gasteiger partial charge in [-0.3, -0.25) is 44.9 Å². The maximum atomic E-state index is 4.60. The third-order valence-corrected chi connectivity index (χ3v) is 20.1. The van der Waals surface area contributed by atoms with Crippen LogP contribution in [-0.4, -0.2) is 103 Å². The summed E-state index contributed by atoms with van der Waals surface area (Å²) >= 11 is 0. The third kappa shape index (κ3) is 28.7. The minimum absolute atomic E-state index is 0. The fourth-order valence-electron chi connectivity index (χ4n) is 14.2. The molecule has 0 saturated heterocycles. The zero-order chi connectivity index (χ0) is 79.7. The van der Waals surface area contributed by atoms with Crippen molar-refractivity contribution in [1.82, 2.24) is 44.9 Å². The number of hydrogen-bond acceptors (Lipinski definition) is 9. The number of aromatic nitrogens is 9. The Morgan fingerprint density at radius 1 is 0.195 bits per heavy atom. The Bertz CT molecular complexity index is 6510. The van der Waals surface area contributed by atoms with Crippen LogP contribution in [0.2, 0.25) is 54.6 Å². The van der Waals surface area contributed by atoms with Gasteiger partial charge in [0, 0.05) is 332 Å². The Kier molecular flexibility index (Phi) is 50.9. The normalized spacial score (nSPS) is 9.80. The number of fused-ring (bicyclic) bond motifs is 13. The van der Waals surface area contributed by atoms with Crippen LogP contribution in [0.25, 0.3) is 131 Å². The predicted molar refractivity (Wildman–Crippen MR) is 504 cm³/mol. The van der Waals surface area contributed by atoms with E-state index in [1.165, 1.54) is 92.4 Å². The molecule has 16 radical (unpaired) electrons. The molecule has 0 unspecified atom stereocenters. The van der Waals surface area contributed by atoms with Gasteiger partial charge in [0.05, 0.1) is 44.1 Å². The smallest absolute Gasteiger partial charge is 0.175 e. The number of benzene rings is 12. The molecule has 0 aliphatic rings. The fourth-order valence-corrected chi connectivity index (χ4v) is 14.2. The number of hydrogen-bond donors (Lipinski definition) is 0. The molecule has 8 heterocycles. The van der Waals surface area contributed by atoms with E-state index < -0.39 is 0 Å². The summed E-state index contributed by atoms with van der Waals surface area (Å²) in [6.07, 6.45) is 12.6. The van der Waals surface area contributed by atoms with Gasteiger partial charge in [-0.25, -0.2) is 0 Å². The summed E-state index contributed by atoms with van der Waals surface area (Å²) in [4.78, 5) is 39.3. The van der Waals surface area contributed by atoms with Crippen LogP contribution in [-0.2, 0) is 262 Å². The quantitative estimate of drug-likeness (QED) is 0.103. The zero-order valence-electron chi connectivity index (χ0n) is 71.1. The van der Waals surface area contributed by atoms with Crippen molar-refractivity contribution in [2.75, 3.05) is 0 Å². The second-order valence-corrected chi connectivity index (χ2v) is 27.0. The van der Waals surface area contributed by atoms with Crippen LogP contribution in [0.1, 0.15) is 5.56 Å². The van der Waals surface area contributed by atoms with Crippen molar-refractivity contribution in [1.29, 1.82) is 0 Å². The van der Waals surface area contributed by atoms with Gasteiger partial charge in [-0.2, -0.15) is 0 Å². The first-order valence-corrected chi connectivity index (χ1v) is 39.0. The predicted octanol–water partition coefficient (Wildman–Crippen LogP) is 17.7. The molecule has 20 rings (SSSR count). The molecule has 0 saturated carbocycles. The zero-order valence-corrected chi connectivity index (χ0v) is 93.8. The van der Waals surface area contributed by atoms with Crippen LogP contribution < -0.4 is 44.1 Å². The van der Waals surface area contributed by atoms with Gasteiger partial charge in [0.25, 0.3) is 0 Å². The number of aryl methyl sites for hydroxylation is 1. The van der Waals surface area contributed by atoms with Crippen LogP contribution in [0, 0.1) is 6.92 Å². The standard InChI is InChI=1S/C21H16B.2C13H10BN2.C12H12B.3C10H9BN.C9H8BN2.8Y/c1-22-21-14-13-19(18-10-4-5-11-20(18)21)17-12-6-8-15-7-2-3-9-16(15)17;1-14-11-8-9-4-2-6-15-12(9)13-10(11)5-3-7-16-13;1-14-11-7-6-10-5-4-9-3-2-8-15-12(9)13(10)16-11;1-9-7-8-12(13-2)11-6-4-3-5-10(9)11;1-11-9-6-7-12-10-5-3-2-4-8(9)10;1-11-10-9-5-3-2-4-8(9)6-7-12-10;1-11-10-7-6-8-4-2-3-5-9(8)12-10;1-10-7-3-2-4-8-9(7)12-6-5-11-8;;;;;;;;/h2-14H,1H3;2*2-8H,1H3;3-8H,1-2H3;3*2-7H,1H3;2-6H,1H3;;;;;;;;. The molecule has 12 aromatic carbocycles. The van der Waals surface area contributed by atoms with E-state index in [1.807, 2.05) is 210 Å². The molecule has 0 aliphatic carbocycles. The van der Waals surface area contributed by atoms with Gasteiger partial charge in [0.15, 0.2) is 29.1 Å². The van der Waals surface area contributed by atoms with E-state index >= 15 is 0 Å². The minimum Gasteiger partial charge on any atom is -0.271 e. The molecular formula is C98H83B8N9Y8. The fraction of sp³-hybridized carbons (Fsp3) is 0.0918. The Morgan fingerprint density at radius 2 is 0.618 bits per heavy atom. The van der Waals surface area contributed by atoms with Crippen molar-refractivity contribution >= 4 is 222 Å². The van der Waals surface area contributed by atoms with Crippen LogP contribution in [0.3, 0.4) is 0 Å². The number of nitrogens with zero attached hydrogens (tertiary/aromatic N) is 9. The molecule has 0 aliphatic heterocycles. The second-order valence-electron chi connectivity index (χ2n) is 27.0. The average Bonchev–Trinajstić information content (AvgIpc) is 0.770. The summed E-state index contributed by atoms with van der Waals surface area (Å²) in [5.74, 6) is 0. The van der Waals surface area contributed by atoms with Crippen molar-refractivity contribution in [2.45, 2.75) is 61.5 Å². The molecule has 8 aromatic heterocycles. The van der Waals surface area contributed by atoms with Gasteiger partial charge < -0.3 is 0 Å². The Balaban J connectivity index is 0.000000250. The summed E-state index contributed by atoms with van der Waals surface area (Å²) in [5, 5.41) is 17.4. The molecular weight excluding hydrogens is 2100 g/mol. The van der Waals surface area contributed by atoms with E-state index in [4.69, 9.17) is 0 Å². The van der Waals surface area contributed by atoms with Crippen molar-refractivity contribution in [3.8, 4) is 11.1 Å². The third-order valence-electron chi connectivity index (χ3n) is 20.1. The van der Waals surface area contributed by atoms with Crippen molar-refractivity contribution in [3.05, 3.63) is 346 Å². The Morgan fingerprint density at radius 3 is 1.27 bits per heavy atom. The first-order valence-electron chi connectivity index (χ1n) is 39.0. The average molecular weight is 2180 g/mol. The summed E-state index contributed by atoms with van der Waals surface area (Å²) in [6.45, 7) is 18.4. The number of pyridine rings is 7. The van der Waals surface area contributed by atoms with E-state index in [1.54, 1.807) is 12.4 Å². The summed E-state index contributed by atoms with van der Waals surface area (Å²) in [6, 6.07) is 102. The largest absolute Gasteiger partial charge is 0.271 e. The van der Waals surface area contributed by atoms with E-state index in [0.29, 0.717) is 0 Å². The molecule has 568 valence electrons. The van der Waals surface area contributed by atoms with Crippen LogP contribution in [0.5, 0.6) is 0 Å². The van der Waals surface area contributed by atoms with Gasteiger partial charge in [-0.15, -0.1) is 0 Å². The molecule has 0 spiro atoms. The Labute approximate surface area is 932 Å². The molecule has 20 aromatic rings. The summed E-state index contributed by atoms with van der Waals surface area (Å²) in [7, 11) is 16.6. The second kappa shape index (κ2) is 57.2. The van der Waals surface area contributed by atoms with Crippen molar-refractivity contribution in [2.24, 2.45) is 0 Å². The number of para-hydroxylation sites is 3. The van der Waals surface area contributed by atoms with Gasteiger partial charge in [0.1, 0.15) is 29.1 Å². The molecule has 0 amide bonds. The van der Waals surface area contributed by atoms with Crippen LogP contribution >= 0.6 is 0 Å².